The van der Waals surface area contributed by atoms with Crippen molar-refractivity contribution < 1.29 is 13.9 Å². The summed E-state index contributed by atoms with van der Waals surface area (Å²) in [6.45, 7) is 1.81. The molecule has 0 N–H and O–H groups in total. The van der Waals surface area contributed by atoms with Crippen molar-refractivity contribution in [1.29, 1.82) is 0 Å². The van der Waals surface area contributed by atoms with Crippen molar-refractivity contribution in [2.75, 3.05) is 12.0 Å². The van der Waals surface area contributed by atoms with Crippen LogP contribution >= 0.6 is 0 Å². The molecule has 1 heterocycles. The van der Waals surface area contributed by atoms with Gasteiger partial charge in [-0.2, -0.15) is 0 Å². The molecule has 0 fully saturated rings. The Kier molecular flexibility index (Phi) is 3.03. The zero-order valence-electron chi connectivity index (χ0n) is 11.3. The van der Waals surface area contributed by atoms with Gasteiger partial charge in [-0.1, -0.05) is 24.3 Å². The van der Waals surface area contributed by atoms with Gasteiger partial charge < -0.3 is 4.74 Å². The third kappa shape index (κ3) is 1.80. The van der Waals surface area contributed by atoms with E-state index in [1.165, 1.54) is 18.1 Å². The fourth-order valence-corrected chi connectivity index (χ4v) is 2.56. The van der Waals surface area contributed by atoms with Crippen LogP contribution in [0.3, 0.4) is 0 Å². The number of aryl methyl sites for hydroxylation is 1. The molecule has 0 saturated heterocycles. The first-order valence-corrected chi connectivity index (χ1v) is 6.35. The monoisotopic (exact) mass is 271 g/mol. The van der Waals surface area contributed by atoms with Crippen molar-refractivity contribution in [3.8, 4) is 0 Å². The highest BCUT2D eigenvalue weighted by molar-refractivity contribution is 6.10. The fraction of sp³-hybridized carbons (Fsp3) is 0.188. The standard InChI is InChI=1S/C16H14FNO2/c1-10-7-8-14(13(17)9-10)18-15(19)11-5-3-4-6-12(11)16(18)20-2/h3-9,16H,1-2H3. The summed E-state index contributed by atoms with van der Waals surface area (Å²) >= 11 is 0. The van der Waals surface area contributed by atoms with Crippen molar-refractivity contribution in [3.63, 3.8) is 0 Å². The molecule has 0 spiro atoms. The lowest BCUT2D eigenvalue weighted by molar-refractivity contribution is 0.0819. The molecular formula is C16H14FNO2. The van der Waals surface area contributed by atoms with Crippen molar-refractivity contribution in [2.24, 2.45) is 0 Å². The van der Waals surface area contributed by atoms with Crippen LogP contribution < -0.4 is 4.90 Å². The Bertz CT molecular complexity index is 684. The summed E-state index contributed by atoms with van der Waals surface area (Å²) < 4.78 is 19.6. The smallest absolute Gasteiger partial charge is 0.261 e. The van der Waals surface area contributed by atoms with Crippen molar-refractivity contribution in [3.05, 3.63) is 65.0 Å². The minimum absolute atomic E-state index is 0.239. The lowest BCUT2D eigenvalue weighted by Gasteiger charge is -2.24. The van der Waals surface area contributed by atoms with Crippen LogP contribution in [0.15, 0.2) is 42.5 Å². The third-order valence-corrected chi connectivity index (χ3v) is 3.50. The van der Waals surface area contributed by atoms with Crippen LogP contribution in [0.2, 0.25) is 0 Å². The molecule has 1 aliphatic heterocycles. The zero-order valence-corrected chi connectivity index (χ0v) is 11.3. The van der Waals surface area contributed by atoms with Crippen LogP contribution in [0.1, 0.15) is 27.7 Å². The number of anilines is 1. The highest BCUT2D eigenvalue weighted by Crippen LogP contribution is 2.38. The first kappa shape index (κ1) is 12.8. The SMILES string of the molecule is COC1c2ccccc2C(=O)N1c1ccc(C)cc1F. The summed E-state index contributed by atoms with van der Waals surface area (Å²) in [7, 11) is 1.51. The first-order valence-electron chi connectivity index (χ1n) is 6.35. The minimum atomic E-state index is -0.587. The van der Waals surface area contributed by atoms with Gasteiger partial charge in [-0.15, -0.1) is 0 Å². The number of benzene rings is 2. The van der Waals surface area contributed by atoms with Crippen LogP contribution in [-0.2, 0) is 4.74 Å². The number of nitrogens with zero attached hydrogens (tertiary/aromatic N) is 1. The fourth-order valence-electron chi connectivity index (χ4n) is 2.56. The molecule has 1 unspecified atom stereocenters. The lowest BCUT2D eigenvalue weighted by Crippen LogP contribution is -2.29. The highest BCUT2D eigenvalue weighted by atomic mass is 19.1. The molecule has 3 rings (SSSR count). The summed E-state index contributed by atoms with van der Waals surface area (Å²) in [5.74, 6) is -0.664. The molecule has 1 amide bonds. The number of halogens is 1. The number of amides is 1. The Morgan fingerprint density at radius 1 is 1.20 bits per heavy atom. The molecule has 102 valence electrons. The second-order valence-corrected chi connectivity index (χ2v) is 4.81. The maximum atomic E-state index is 14.2. The number of carbonyl (C=O) groups excluding carboxylic acids is 1. The van der Waals surface area contributed by atoms with Crippen LogP contribution in [-0.4, -0.2) is 13.0 Å². The average molecular weight is 271 g/mol. The average Bonchev–Trinajstić information content (AvgIpc) is 2.72. The zero-order chi connectivity index (χ0) is 14.3. The Balaban J connectivity index is 2.13. The summed E-state index contributed by atoms with van der Waals surface area (Å²) in [6.07, 6.45) is -0.587. The Morgan fingerprint density at radius 2 is 1.95 bits per heavy atom. The van der Waals surface area contributed by atoms with E-state index in [4.69, 9.17) is 4.74 Å². The van der Waals surface area contributed by atoms with E-state index in [9.17, 15) is 9.18 Å². The van der Waals surface area contributed by atoms with Gasteiger partial charge in [-0.25, -0.2) is 4.39 Å². The number of hydrogen-bond donors (Lipinski definition) is 0. The molecule has 20 heavy (non-hydrogen) atoms. The van der Waals surface area contributed by atoms with Crippen LogP contribution in [0.5, 0.6) is 0 Å². The highest BCUT2D eigenvalue weighted by Gasteiger charge is 2.38. The van der Waals surface area contributed by atoms with E-state index in [-0.39, 0.29) is 11.6 Å². The number of ether oxygens (including phenoxy) is 1. The number of hydrogen-bond acceptors (Lipinski definition) is 2. The van der Waals surface area contributed by atoms with Gasteiger partial charge in [-0.05, 0) is 30.7 Å². The van der Waals surface area contributed by atoms with Gasteiger partial charge in [0.25, 0.3) is 5.91 Å². The van der Waals surface area contributed by atoms with Crippen molar-refractivity contribution >= 4 is 11.6 Å². The third-order valence-electron chi connectivity index (χ3n) is 3.50. The molecule has 3 nitrogen and oxygen atoms in total. The van der Waals surface area contributed by atoms with E-state index in [1.54, 1.807) is 31.2 Å². The summed E-state index contributed by atoms with van der Waals surface area (Å²) in [5, 5.41) is 0. The van der Waals surface area contributed by atoms with Gasteiger partial charge in [0.2, 0.25) is 0 Å². The molecule has 0 radical (unpaired) electrons. The van der Waals surface area contributed by atoms with E-state index >= 15 is 0 Å². The van der Waals surface area contributed by atoms with E-state index in [1.807, 2.05) is 12.1 Å². The van der Waals surface area contributed by atoms with Gasteiger partial charge in [0.1, 0.15) is 5.82 Å². The summed E-state index contributed by atoms with van der Waals surface area (Å²) in [5.41, 5.74) is 2.37. The predicted octanol–water partition coefficient (Wildman–Crippen LogP) is 3.44. The minimum Gasteiger partial charge on any atom is -0.357 e. The number of fused-ring (bicyclic) bond motifs is 1. The molecular weight excluding hydrogens is 257 g/mol. The molecule has 2 aromatic carbocycles. The Hall–Kier alpha value is -2.20. The van der Waals surface area contributed by atoms with Crippen LogP contribution in [0, 0.1) is 12.7 Å². The summed E-state index contributed by atoms with van der Waals surface area (Å²) in [6, 6.07) is 12.0. The van der Waals surface area contributed by atoms with E-state index < -0.39 is 12.0 Å². The predicted molar refractivity (Wildman–Crippen MR) is 74.1 cm³/mol. The quantitative estimate of drug-likeness (QED) is 0.837. The molecule has 0 aromatic heterocycles. The van der Waals surface area contributed by atoms with Crippen LogP contribution in [0.25, 0.3) is 0 Å². The summed E-state index contributed by atoms with van der Waals surface area (Å²) in [4.78, 5) is 13.8. The van der Waals surface area contributed by atoms with Gasteiger partial charge in [0, 0.05) is 18.2 Å². The van der Waals surface area contributed by atoms with Gasteiger partial charge in [0.05, 0.1) is 5.69 Å². The second-order valence-electron chi connectivity index (χ2n) is 4.81. The van der Waals surface area contributed by atoms with Gasteiger partial charge in [-0.3, -0.25) is 9.69 Å². The normalized spacial score (nSPS) is 17.4. The maximum Gasteiger partial charge on any atom is 0.261 e. The first-order chi connectivity index (χ1) is 9.63. The van der Waals surface area contributed by atoms with Gasteiger partial charge in [0.15, 0.2) is 6.23 Å². The lowest BCUT2D eigenvalue weighted by atomic mass is 10.1. The number of rotatable bonds is 2. The van der Waals surface area contributed by atoms with Crippen molar-refractivity contribution in [1.82, 2.24) is 0 Å². The topological polar surface area (TPSA) is 29.5 Å². The molecule has 0 bridgehead atoms. The molecule has 2 aromatic rings. The molecule has 1 aliphatic rings. The van der Waals surface area contributed by atoms with E-state index in [2.05, 4.69) is 0 Å². The number of carbonyl (C=O) groups is 1. The van der Waals surface area contributed by atoms with E-state index in [0.29, 0.717) is 5.56 Å². The Morgan fingerprint density at radius 3 is 2.65 bits per heavy atom. The molecule has 4 heteroatoms. The Labute approximate surface area is 116 Å². The maximum absolute atomic E-state index is 14.2. The molecule has 1 atom stereocenters. The van der Waals surface area contributed by atoms with Crippen LogP contribution in [0.4, 0.5) is 10.1 Å². The van der Waals surface area contributed by atoms with E-state index in [0.717, 1.165) is 11.1 Å². The van der Waals surface area contributed by atoms with Crippen molar-refractivity contribution in [2.45, 2.75) is 13.2 Å². The molecule has 0 aliphatic carbocycles. The molecule has 0 saturated carbocycles. The number of methoxy groups -OCH3 is 1. The largest absolute Gasteiger partial charge is 0.357 e. The van der Waals surface area contributed by atoms with Gasteiger partial charge >= 0.3 is 0 Å². The second kappa shape index (κ2) is 4.72.